The molecule has 0 saturated carbocycles. The van der Waals surface area contributed by atoms with E-state index in [0.29, 0.717) is 6.54 Å². The van der Waals surface area contributed by atoms with E-state index in [-0.39, 0.29) is 24.7 Å². The predicted octanol–water partition coefficient (Wildman–Crippen LogP) is 2.42. The number of rotatable bonds is 5. The van der Waals surface area contributed by atoms with Gasteiger partial charge in [0.15, 0.2) is 0 Å². The van der Waals surface area contributed by atoms with E-state index >= 15 is 0 Å². The van der Waals surface area contributed by atoms with Crippen molar-refractivity contribution in [1.29, 1.82) is 0 Å². The molecule has 0 spiro atoms. The van der Waals surface area contributed by atoms with E-state index < -0.39 is 0 Å². The molecule has 1 aromatic rings. The summed E-state index contributed by atoms with van der Waals surface area (Å²) < 4.78 is 5.53. The molecule has 0 aliphatic carbocycles. The molecule has 0 aliphatic heterocycles. The Bertz CT molecular complexity index is 405. The zero-order chi connectivity index (χ0) is 12.8. The van der Waals surface area contributed by atoms with Crippen LogP contribution in [0.15, 0.2) is 15.9 Å². The molecular formula is C11H14BrNO3S. The summed E-state index contributed by atoms with van der Waals surface area (Å²) in [7, 11) is 3.05. The smallest absolute Gasteiger partial charge is 0.306 e. The van der Waals surface area contributed by atoms with Crippen molar-refractivity contribution in [2.45, 2.75) is 19.4 Å². The van der Waals surface area contributed by atoms with Crippen LogP contribution >= 0.6 is 27.3 Å². The highest BCUT2D eigenvalue weighted by molar-refractivity contribution is 9.11. The fourth-order valence-corrected chi connectivity index (χ4v) is 2.80. The lowest BCUT2D eigenvalue weighted by atomic mass is 10.3. The molecule has 0 bridgehead atoms. The van der Waals surface area contributed by atoms with Gasteiger partial charge in [-0.1, -0.05) is 0 Å². The van der Waals surface area contributed by atoms with E-state index in [4.69, 9.17) is 0 Å². The molecule has 0 fully saturated rings. The molecule has 94 valence electrons. The number of halogens is 1. The Morgan fingerprint density at radius 2 is 2.12 bits per heavy atom. The number of carbonyl (C=O) groups excluding carboxylic acids is 2. The van der Waals surface area contributed by atoms with Crippen LogP contribution in [0.1, 0.15) is 17.7 Å². The normalized spacial score (nSPS) is 10.1. The molecule has 0 aliphatic rings. The fraction of sp³-hybridized carbons (Fsp3) is 0.455. The van der Waals surface area contributed by atoms with Gasteiger partial charge >= 0.3 is 5.97 Å². The summed E-state index contributed by atoms with van der Waals surface area (Å²) in [5, 5.41) is 0. The number of methoxy groups -OCH3 is 1. The zero-order valence-corrected chi connectivity index (χ0v) is 12.1. The summed E-state index contributed by atoms with van der Waals surface area (Å²) in [6.07, 6.45) is 0.323. The van der Waals surface area contributed by atoms with Crippen LogP contribution in [0.2, 0.25) is 0 Å². The van der Waals surface area contributed by atoms with Crippen LogP contribution in [-0.4, -0.2) is 30.9 Å². The van der Waals surface area contributed by atoms with Crippen LogP contribution in [0, 0.1) is 0 Å². The largest absolute Gasteiger partial charge is 0.469 e. The standard InChI is InChI=1S/C11H14BrNO3S/c1-13(7-8-3-4-9(12)17-8)10(14)5-6-11(15)16-2/h3-4H,5-7H2,1-2H3. The SMILES string of the molecule is COC(=O)CCC(=O)N(C)Cc1ccc(Br)s1. The maximum absolute atomic E-state index is 11.7. The van der Waals surface area contributed by atoms with Gasteiger partial charge in [-0.2, -0.15) is 0 Å². The highest BCUT2D eigenvalue weighted by Gasteiger charge is 2.12. The minimum Gasteiger partial charge on any atom is -0.469 e. The molecule has 0 radical (unpaired) electrons. The Labute approximate surface area is 113 Å². The molecule has 1 amide bonds. The van der Waals surface area contributed by atoms with Gasteiger partial charge in [-0.3, -0.25) is 9.59 Å². The highest BCUT2D eigenvalue weighted by atomic mass is 79.9. The van der Waals surface area contributed by atoms with Crippen molar-refractivity contribution < 1.29 is 14.3 Å². The quantitative estimate of drug-likeness (QED) is 0.783. The van der Waals surface area contributed by atoms with E-state index in [0.717, 1.165) is 8.66 Å². The number of hydrogen-bond acceptors (Lipinski definition) is 4. The van der Waals surface area contributed by atoms with Crippen molar-refractivity contribution in [3.8, 4) is 0 Å². The highest BCUT2D eigenvalue weighted by Crippen LogP contribution is 2.23. The van der Waals surface area contributed by atoms with Gasteiger partial charge < -0.3 is 9.64 Å². The molecular weight excluding hydrogens is 306 g/mol. The second-order valence-electron chi connectivity index (χ2n) is 3.53. The first-order valence-electron chi connectivity index (χ1n) is 5.08. The van der Waals surface area contributed by atoms with Crippen molar-refractivity contribution in [1.82, 2.24) is 4.90 Å². The number of esters is 1. The summed E-state index contributed by atoms with van der Waals surface area (Å²) in [6, 6.07) is 3.92. The van der Waals surface area contributed by atoms with Crippen molar-refractivity contribution in [3.05, 3.63) is 20.8 Å². The van der Waals surface area contributed by atoms with Gasteiger partial charge in [0.2, 0.25) is 5.91 Å². The first-order chi connectivity index (χ1) is 8.02. The Morgan fingerprint density at radius 1 is 1.41 bits per heavy atom. The number of nitrogens with zero attached hydrogens (tertiary/aromatic N) is 1. The Hall–Kier alpha value is -0.880. The van der Waals surface area contributed by atoms with Crippen LogP contribution < -0.4 is 0 Å². The molecule has 0 atom stereocenters. The number of amides is 1. The average Bonchev–Trinajstić information content (AvgIpc) is 2.70. The second-order valence-corrected chi connectivity index (χ2v) is 6.08. The van der Waals surface area contributed by atoms with Crippen LogP contribution in [0.25, 0.3) is 0 Å². The monoisotopic (exact) mass is 319 g/mol. The van der Waals surface area contributed by atoms with Crippen molar-refractivity contribution in [2.75, 3.05) is 14.2 Å². The summed E-state index contributed by atoms with van der Waals surface area (Å²) in [4.78, 5) is 25.3. The minimum absolute atomic E-state index is 0.0556. The summed E-state index contributed by atoms with van der Waals surface area (Å²) >= 11 is 4.97. The molecule has 17 heavy (non-hydrogen) atoms. The Balaban J connectivity index is 2.39. The van der Waals surface area contributed by atoms with E-state index in [9.17, 15) is 9.59 Å². The third-order valence-corrected chi connectivity index (χ3v) is 3.83. The molecule has 1 heterocycles. The van der Waals surface area contributed by atoms with Crippen molar-refractivity contribution in [2.24, 2.45) is 0 Å². The van der Waals surface area contributed by atoms with E-state index in [1.165, 1.54) is 7.11 Å². The lowest BCUT2D eigenvalue weighted by Crippen LogP contribution is -2.26. The lowest BCUT2D eigenvalue weighted by molar-refractivity contribution is -0.143. The first-order valence-corrected chi connectivity index (χ1v) is 6.69. The van der Waals surface area contributed by atoms with E-state index in [2.05, 4.69) is 20.7 Å². The first kappa shape index (κ1) is 14.2. The van der Waals surface area contributed by atoms with Crippen LogP contribution in [0.5, 0.6) is 0 Å². The van der Waals surface area contributed by atoms with Gasteiger partial charge in [-0.25, -0.2) is 0 Å². The Morgan fingerprint density at radius 3 is 2.65 bits per heavy atom. The zero-order valence-electron chi connectivity index (χ0n) is 9.73. The molecule has 1 rings (SSSR count). The maximum Gasteiger partial charge on any atom is 0.306 e. The summed E-state index contributed by atoms with van der Waals surface area (Å²) in [5.74, 6) is -0.412. The topological polar surface area (TPSA) is 46.6 Å². The molecule has 0 aromatic carbocycles. The van der Waals surface area contributed by atoms with Crippen molar-refractivity contribution in [3.63, 3.8) is 0 Å². The molecule has 0 saturated heterocycles. The van der Waals surface area contributed by atoms with Gasteiger partial charge in [0, 0.05) is 18.3 Å². The minimum atomic E-state index is -0.356. The van der Waals surface area contributed by atoms with E-state index in [1.54, 1.807) is 23.3 Å². The molecule has 0 N–H and O–H groups in total. The number of carbonyl (C=O) groups is 2. The van der Waals surface area contributed by atoms with Crippen LogP contribution in [-0.2, 0) is 20.9 Å². The molecule has 0 unspecified atom stereocenters. The molecule has 1 aromatic heterocycles. The van der Waals surface area contributed by atoms with Crippen LogP contribution in [0.4, 0.5) is 0 Å². The maximum atomic E-state index is 11.7. The summed E-state index contributed by atoms with van der Waals surface area (Å²) in [6.45, 7) is 0.566. The fourth-order valence-electron chi connectivity index (χ4n) is 1.26. The van der Waals surface area contributed by atoms with Crippen molar-refractivity contribution >= 4 is 39.1 Å². The Kier molecular flexibility index (Phi) is 5.64. The van der Waals surface area contributed by atoms with Gasteiger partial charge in [0.1, 0.15) is 0 Å². The third kappa shape index (κ3) is 4.87. The van der Waals surface area contributed by atoms with E-state index in [1.807, 2.05) is 12.1 Å². The molecule has 6 heteroatoms. The van der Waals surface area contributed by atoms with Gasteiger partial charge in [0.05, 0.1) is 23.9 Å². The average molecular weight is 320 g/mol. The number of hydrogen-bond donors (Lipinski definition) is 0. The van der Waals surface area contributed by atoms with Gasteiger partial charge in [-0.05, 0) is 28.1 Å². The van der Waals surface area contributed by atoms with Crippen LogP contribution in [0.3, 0.4) is 0 Å². The van der Waals surface area contributed by atoms with Gasteiger partial charge in [0.25, 0.3) is 0 Å². The number of thiophene rings is 1. The number of ether oxygens (including phenoxy) is 1. The molecule has 4 nitrogen and oxygen atoms in total. The summed E-state index contributed by atoms with van der Waals surface area (Å²) in [5.41, 5.74) is 0. The predicted molar refractivity (Wildman–Crippen MR) is 69.7 cm³/mol. The lowest BCUT2D eigenvalue weighted by Gasteiger charge is -2.15. The third-order valence-electron chi connectivity index (χ3n) is 2.22. The second kappa shape index (κ2) is 6.76. The van der Waals surface area contributed by atoms with Gasteiger partial charge in [-0.15, -0.1) is 11.3 Å².